The molecule has 2 fully saturated rings. The standard InChI is InChI=1S/C23H34FN3O2S/c1-17-7-9-18(10-8-17)22(28)25-20(11-16-30-2)23(29)27-14-12-26(13-15-27)21-6-4-3-5-19(21)24/h3-6,17-18,20H,7-16H2,1-2H3,(H,25,28)/t17?,18?,20-/m1/s1. The number of carbonyl (C=O) groups is 2. The molecule has 2 amide bonds. The molecule has 1 aliphatic heterocycles. The number of halogens is 1. The number of thioether (sulfide) groups is 1. The van der Waals surface area contributed by atoms with E-state index in [0.717, 1.165) is 31.4 Å². The molecule has 1 heterocycles. The molecule has 0 bridgehead atoms. The Morgan fingerprint density at radius 2 is 1.80 bits per heavy atom. The zero-order valence-electron chi connectivity index (χ0n) is 18.1. The van der Waals surface area contributed by atoms with Gasteiger partial charge in [0, 0.05) is 32.1 Å². The van der Waals surface area contributed by atoms with Crippen LogP contribution in [0.5, 0.6) is 0 Å². The highest BCUT2D eigenvalue weighted by molar-refractivity contribution is 7.98. The van der Waals surface area contributed by atoms with Gasteiger partial charge < -0.3 is 15.1 Å². The topological polar surface area (TPSA) is 52.7 Å². The van der Waals surface area contributed by atoms with Crippen molar-refractivity contribution in [1.29, 1.82) is 0 Å². The van der Waals surface area contributed by atoms with E-state index < -0.39 is 6.04 Å². The maximum atomic E-state index is 14.1. The summed E-state index contributed by atoms with van der Waals surface area (Å²) < 4.78 is 14.1. The van der Waals surface area contributed by atoms with Crippen LogP contribution in [0.1, 0.15) is 39.0 Å². The van der Waals surface area contributed by atoms with Crippen molar-refractivity contribution in [1.82, 2.24) is 10.2 Å². The number of amides is 2. The highest BCUT2D eigenvalue weighted by Crippen LogP contribution is 2.28. The van der Waals surface area contributed by atoms with E-state index in [1.165, 1.54) is 6.07 Å². The van der Waals surface area contributed by atoms with Crippen LogP contribution in [-0.2, 0) is 9.59 Å². The molecule has 1 saturated heterocycles. The quantitative estimate of drug-likeness (QED) is 0.712. The van der Waals surface area contributed by atoms with Gasteiger partial charge in [0.2, 0.25) is 11.8 Å². The lowest BCUT2D eigenvalue weighted by molar-refractivity contribution is -0.138. The Balaban J connectivity index is 1.57. The number of hydrogen-bond acceptors (Lipinski definition) is 4. The van der Waals surface area contributed by atoms with Crippen LogP contribution in [0.3, 0.4) is 0 Å². The van der Waals surface area contributed by atoms with E-state index in [1.54, 1.807) is 23.9 Å². The van der Waals surface area contributed by atoms with Crippen LogP contribution in [0.25, 0.3) is 0 Å². The molecular weight excluding hydrogens is 401 g/mol. The summed E-state index contributed by atoms with van der Waals surface area (Å²) in [5.74, 6) is 1.34. The van der Waals surface area contributed by atoms with E-state index in [2.05, 4.69) is 12.2 Å². The molecule has 0 radical (unpaired) electrons. The number of nitrogens with zero attached hydrogens (tertiary/aromatic N) is 2. The first-order valence-corrected chi connectivity index (χ1v) is 12.5. The lowest BCUT2D eigenvalue weighted by Gasteiger charge is -2.38. The minimum atomic E-state index is -0.468. The van der Waals surface area contributed by atoms with Gasteiger partial charge in [0.05, 0.1) is 5.69 Å². The Kier molecular flexibility index (Phi) is 8.42. The molecule has 1 aromatic rings. The summed E-state index contributed by atoms with van der Waals surface area (Å²) >= 11 is 1.68. The van der Waals surface area contributed by atoms with E-state index >= 15 is 0 Å². The number of piperazine rings is 1. The first kappa shape index (κ1) is 22.9. The third kappa shape index (κ3) is 5.90. The van der Waals surface area contributed by atoms with Crippen LogP contribution in [0, 0.1) is 17.7 Å². The van der Waals surface area contributed by atoms with Crippen LogP contribution in [0.15, 0.2) is 24.3 Å². The van der Waals surface area contributed by atoms with E-state index in [9.17, 15) is 14.0 Å². The van der Waals surface area contributed by atoms with Crippen molar-refractivity contribution in [3.63, 3.8) is 0 Å². The number of carbonyl (C=O) groups excluding carboxylic acids is 2. The van der Waals surface area contributed by atoms with E-state index in [4.69, 9.17) is 0 Å². The van der Waals surface area contributed by atoms with Crippen LogP contribution >= 0.6 is 11.8 Å². The Hall–Kier alpha value is -1.76. The largest absolute Gasteiger partial charge is 0.366 e. The van der Waals surface area contributed by atoms with Gasteiger partial charge in [-0.2, -0.15) is 11.8 Å². The number of benzene rings is 1. The smallest absolute Gasteiger partial charge is 0.245 e. The summed E-state index contributed by atoms with van der Waals surface area (Å²) in [5.41, 5.74) is 0.586. The van der Waals surface area contributed by atoms with Gasteiger partial charge in [-0.05, 0) is 62.2 Å². The monoisotopic (exact) mass is 435 g/mol. The zero-order chi connectivity index (χ0) is 21.5. The van der Waals surface area contributed by atoms with Crippen molar-refractivity contribution in [2.75, 3.05) is 43.1 Å². The fourth-order valence-corrected chi connectivity index (χ4v) is 4.87. The number of anilines is 1. The number of rotatable bonds is 7. The summed E-state index contributed by atoms with van der Waals surface area (Å²) in [6, 6.07) is 6.29. The van der Waals surface area contributed by atoms with Gasteiger partial charge in [-0.25, -0.2) is 4.39 Å². The summed E-state index contributed by atoms with van der Waals surface area (Å²) in [6.07, 6.45) is 6.65. The fourth-order valence-electron chi connectivity index (χ4n) is 4.40. The third-order valence-corrected chi connectivity index (χ3v) is 7.04. The van der Waals surface area contributed by atoms with Gasteiger partial charge >= 0.3 is 0 Å². The molecule has 7 heteroatoms. The minimum Gasteiger partial charge on any atom is -0.366 e. The second-order valence-corrected chi connectivity index (χ2v) is 9.55. The summed E-state index contributed by atoms with van der Waals surface area (Å²) in [6.45, 7) is 4.51. The second-order valence-electron chi connectivity index (χ2n) is 8.56. The first-order valence-electron chi connectivity index (χ1n) is 11.1. The van der Waals surface area contributed by atoms with Crippen LogP contribution in [-0.4, -0.2) is 60.9 Å². The molecule has 5 nitrogen and oxygen atoms in total. The molecular formula is C23H34FN3O2S. The molecule has 1 N–H and O–H groups in total. The molecule has 1 saturated carbocycles. The molecule has 2 aliphatic rings. The Morgan fingerprint density at radius 3 is 2.43 bits per heavy atom. The second kappa shape index (κ2) is 11.0. The Morgan fingerprint density at radius 1 is 1.13 bits per heavy atom. The van der Waals surface area contributed by atoms with Gasteiger partial charge in [0.1, 0.15) is 11.9 Å². The maximum Gasteiger partial charge on any atom is 0.245 e. The van der Waals surface area contributed by atoms with E-state index in [-0.39, 0.29) is 23.5 Å². The molecule has 3 rings (SSSR count). The predicted molar refractivity (Wildman–Crippen MR) is 121 cm³/mol. The molecule has 1 aliphatic carbocycles. The molecule has 166 valence electrons. The molecule has 1 atom stereocenters. The Bertz CT molecular complexity index is 716. The molecule has 0 aromatic heterocycles. The van der Waals surface area contributed by atoms with E-state index in [0.29, 0.717) is 44.2 Å². The number of nitrogens with one attached hydrogen (secondary N) is 1. The molecule has 0 spiro atoms. The highest BCUT2D eigenvalue weighted by Gasteiger charge is 2.31. The van der Waals surface area contributed by atoms with Gasteiger partial charge in [-0.3, -0.25) is 9.59 Å². The number of para-hydroxylation sites is 1. The van der Waals surface area contributed by atoms with Crippen LogP contribution in [0.4, 0.5) is 10.1 Å². The normalized spacial score (nSPS) is 23.2. The lowest BCUT2D eigenvalue weighted by Crippen LogP contribution is -2.56. The highest BCUT2D eigenvalue weighted by atomic mass is 32.2. The minimum absolute atomic E-state index is 0.00485. The fraction of sp³-hybridized carbons (Fsp3) is 0.652. The molecule has 0 unspecified atom stereocenters. The third-order valence-electron chi connectivity index (χ3n) is 6.40. The van der Waals surface area contributed by atoms with Crippen molar-refractivity contribution in [2.45, 2.75) is 45.1 Å². The predicted octanol–water partition coefficient (Wildman–Crippen LogP) is 3.54. The number of hydrogen-bond donors (Lipinski definition) is 1. The van der Waals surface area contributed by atoms with E-state index in [1.807, 2.05) is 22.1 Å². The van der Waals surface area contributed by atoms with Crippen LogP contribution < -0.4 is 10.2 Å². The average molecular weight is 436 g/mol. The molecule has 30 heavy (non-hydrogen) atoms. The van der Waals surface area contributed by atoms with Gasteiger partial charge in [-0.15, -0.1) is 0 Å². The maximum absolute atomic E-state index is 14.1. The van der Waals surface area contributed by atoms with Crippen molar-refractivity contribution in [2.24, 2.45) is 11.8 Å². The first-order chi connectivity index (χ1) is 14.5. The van der Waals surface area contributed by atoms with Gasteiger partial charge in [0.25, 0.3) is 0 Å². The molecule has 1 aromatic carbocycles. The summed E-state index contributed by atoms with van der Waals surface area (Å²) in [5, 5.41) is 3.07. The van der Waals surface area contributed by atoms with Crippen LogP contribution in [0.2, 0.25) is 0 Å². The SMILES string of the molecule is CSCC[C@@H](NC(=O)C1CCC(C)CC1)C(=O)N1CCN(c2ccccc2F)CC1. The van der Waals surface area contributed by atoms with Gasteiger partial charge in [0.15, 0.2) is 0 Å². The lowest BCUT2D eigenvalue weighted by atomic mass is 9.82. The average Bonchev–Trinajstić information content (AvgIpc) is 2.77. The van der Waals surface area contributed by atoms with Gasteiger partial charge in [-0.1, -0.05) is 19.1 Å². The summed E-state index contributed by atoms with van der Waals surface area (Å²) in [7, 11) is 0. The van der Waals surface area contributed by atoms with Crippen molar-refractivity contribution in [3.05, 3.63) is 30.1 Å². The van der Waals surface area contributed by atoms with Crippen molar-refractivity contribution >= 4 is 29.3 Å². The summed E-state index contributed by atoms with van der Waals surface area (Å²) in [4.78, 5) is 29.8. The Labute approximate surface area is 183 Å². The van der Waals surface area contributed by atoms with Crippen molar-refractivity contribution in [3.8, 4) is 0 Å². The zero-order valence-corrected chi connectivity index (χ0v) is 18.9. The van der Waals surface area contributed by atoms with Crippen molar-refractivity contribution < 1.29 is 14.0 Å².